The van der Waals surface area contributed by atoms with Crippen LogP contribution in [0.2, 0.25) is 0 Å². The molecule has 1 N–H and O–H groups in total. The maximum absolute atomic E-state index is 12.2. The molecule has 1 aliphatic heterocycles. The van der Waals surface area contributed by atoms with Gasteiger partial charge in [0.15, 0.2) is 5.78 Å². The Morgan fingerprint density at radius 2 is 1.55 bits per heavy atom. The summed E-state index contributed by atoms with van der Waals surface area (Å²) in [5.41, 5.74) is 4.04. The topological polar surface area (TPSA) is 59.4 Å². The van der Waals surface area contributed by atoms with Gasteiger partial charge in [-0.2, -0.15) is 0 Å². The van der Waals surface area contributed by atoms with Crippen LogP contribution in [-0.2, 0) is 31.3 Å². The molecule has 4 aromatic rings. The third kappa shape index (κ3) is 8.00. The van der Waals surface area contributed by atoms with E-state index in [1.807, 2.05) is 47.7 Å². The van der Waals surface area contributed by atoms with Gasteiger partial charge >= 0.3 is 0 Å². The standard InChI is InChI=1S/C27H26NO.C15H28O2.Ir/c1-16(2)19-12-18-10-11-28-25-21-13-17-8-6-7-9-20(17)22(15-27(3,4)5)26(21)29-23(14-19)24(18)25;1-7-14(5,8-2)12(16)11-13(17)15(6,9-3)10-4;/h6-12,14,16H,15H2,1-5H3;11,16H,7-10H2,1-6H3;/q-1;;/b;12-11-;. The SMILES string of the molecule is CC(C)c1cc2c3c(nccc3c1)-c1[c-]c3ccccc3c(CC(C)(C)C)c1O2.CCC(C)(CC)C(=O)/C=C(\O)C(C)(CC)CC.[Ir]. The Kier molecular flexibility index (Phi) is 12.3. The van der Waals surface area contributed by atoms with E-state index in [1.165, 1.54) is 28.0 Å². The van der Waals surface area contributed by atoms with Crippen molar-refractivity contribution in [1.82, 2.24) is 4.98 Å². The summed E-state index contributed by atoms with van der Waals surface area (Å²) in [6.45, 7) is 23.4. The Balaban J connectivity index is 0.000000290. The molecule has 4 nitrogen and oxygen atoms in total. The van der Waals surface area contributed by atoms with Crippen LogP contribution >= 0.6 is 0 Å². The molecular formula is C42H54IrNO3-. The minimum Gasteiger partial charge on any atom is -0.512 e. The molecule has 0 amide bonds. The summed E-state index contributed by atoms with van der Waals surface area (Å²) < 4.78 is 6.65. The number of hydrogen-bond acceptors (Lipinski definition) is 4. The van der Waals surface area contributed by atoms with Gasteiger partial charge in [0.25, 0.3) is 0 Å². The van der Waals surface area contributed by atoms with E-state index in [1.54, 1.807) is 0 Å². The number of allylic oxidation sites excluding steroid dienone is 2. The Hall–Kier alpha value is -3.01. The van der Waals surface area contributed by atoms with E-state index in [-0.39, 0.29) is 47.9 Å². The predicted octanol–water partition coefficient (Wildman–Crippen LogP) is 12.3. The molecule has 0 bridgehead atoms. The number of benzene rings is 3. The second-order valence-electron chi connectivity index (χ2n) is 15.1. The first kappa shape index (κ1) is 38.4. The van der Waals surface area contributed by atoms with Gasteiger partial charge in [0.05, 0.1) is 5.75 Å². The molecule has 5 heteroatoms. The number of aliphatic hydroxyl groups is 1. The normalized spacial score (nSPS) is 13.1. The largest absolute Gasteiger partial charge is 0.512 e. The molecule has 0 aliphatic carbocycles. The van der Waals surface area contributed by atoms with Gasteiger partial charge in [-0.15, -0.1) is 17.5 Å². The fourth-order valence-corrected chi connectivity index (χ4v) is 6.00. The summed E-state index contributed by atoms with van der Waals surface area (Å²) >= 11 is 0. The summed E-state index contributed by atoms with van der Waals surface area (Å²) in [4.78, 5) is 17.0. The molecule has 0 fully saturated rings. The van der Waals surface area contributed by atoms with Crippen molar-refractivity contribution in [2.24, 2.45) is 16.2 Å². The number of hydrogen-bond donors (Lipinski definition) is 1. The van der Waals surface area contributed by atoms with Crippen molar-refractivity contribution < 1.29 is 34.7 Å². The van der Waals surface area contributed by atoms with E-state index in [9.17, 15) is 9.90 Å². The number of aromatic nitrogens is 1. The number of carbonyl (C=O) groups excluding carboxylic acids is 1. The fraction of sp³-hybridized carbons (Fsp3) is 0.476. The first-order valence-electron chi connectivity index (χ1n) is 17.1. The number of aliphatic hydroxyl groups excluding tert-OH is 1. The average molecular weight is 813 g/mol. The number of nitrogens with zero attached hydrogens (tertiary/aromatic N) is 1. The van der Waals surface area contributed by atoms with Crippen LogP contribution in [0.4, 0.5) is 0 Å². The summed E-state index contributed by atoms with van der Waals surface area (Å²) in [6, 6.07) is 18.7. The van der Waals surface area contributed by atoms with Gasteiger partial charge in [0.2, 0.25) is 0 Å². The van der Waals surface area contributed by atoms with Crippen molar-refractivity contribution in [3.63, 3.8) is 0 Å². The maximum atomic E-state index is 12.2. The molecule has 0 atom stereocenters. The van der Waals surface area contributed by atoms with Crippen LogP contribution in [0.5, 0.6) is 11.5 Å². The molecule has 0 spiro atoms. The van der Waals surface area contributed by atoms with Crippen LogP contribution < -0.4 is 4.74 Å². The van der Waals surface area contributed by atoms with Crippen molar-refractivity contribution in [2.45, 2.75) is 114 Å². The van der Waals surface area contributed by atoms with Gasteiger partial charge in [-0.05, 0) is 66.5 Å². The van der Waals surface area contributed by atoms with Gasteiger partial charge in [0, 0.05) is 54.3 Å². The third-order valence-corrected chi connectivity index (χ3v) is 10.3. The Bertz CT molecular complexity index is 1750. The van der Waals surface area contributed by atoms with Crippen LogP contribution in [0.1, 0.15) is 119 Å². The summed E-state index contributed by atoms with van der Waals surface area (Å²) in [6.07, 6.45) is 7.59. The van der Waals surface area contributed by atoms with Gasteiger partial charge < -0.3 is 9.84 Å². The molecule has 0 saturated heterocycles. The van der Waals surface area contributed by atoms with Crippen LogP contribution in [0.3, 0.4) is 0 Å². The van der Waals surface area contributed by atoms with Crippen molar-refractivity contribution in [1.29, 1.82) is 0 Å². The maximum Gasteiger partial charge on any atom is 0.164 e. The van der Waals surface area contributed by atoms with Gasteiger partial charge in [-0.25, -0.2) is 0 Å². The van der Waals surface area contributed by atoms with Gasteiger partial charge in [0.1, 0.15) is 11.5 Å². The first-order chi connectivity index (χ1) is 21.6. The van der Waals surface area contributed by atoms with E-state index in [0.717, 1.165) is 65.6 Å². The molecule has 47 heavy (non-hydrogen) atoms. The van der Waals surface area contributed by atoms with Gasteiger partial charge in [-0.3, -0.25) is 9.78 Å². The molecule has 255 valence electrons. The Morgan fingerprint density at radius 3 is 2.13 bits per heavy atom. The fourth-order valence-electron chi connectivity index (χ4n) is 6.00. The summed E-state index contributed by atoms with van der Waals surface area (Å²) in [7, 11) is 0. The molecular weight excluding hydrogens is 759 g/mol. The van der Waals surface area contributed by atoms with Gasteiger partial charge in [-0.1, -0.05) is 117 Å². The van der Waals surface area contributed by atoms with E-state index in [2.05, 4.69) is 83.1 Å². The zero-order valence-electron chi connectivity index (χ0n) is 30.4. The van der Waals surface area contributed by atoms with Crippen molar-refractivity contribution in [3.8, 4) is 22.8 Å². The van der Waals surface area contributed by atoms with E-state index >= 15 is 0 Å². The van der Waals surface area contributed by atoms with E-state index in [4.69, 9.17) is 9.72 Å². The number of ether oxygens (including phenoxy) is 1. The van der Waals surface area contributed by atoms with Crippen molar-refractivity contribution >= 4 is 27.3 Å². The second-order valence-corrected chi connectivity index (χ2v) is 15.1. The zero-order valence-corrected chi connectivity index (χ0v) is 32.7. The minimum absolute atomic E-state index is 0. The van der Waals surface area contributed by atoms with Crippen LogP contribution in [0.25, 0.3) is 32.8 Å². The van der Waals surface area contributed by atoms with E-state index in [0.29, 0.717) is 5.92 Å². The Labute approximate surface area is 296 Å². The monoisotopic (exact) mass is 813 g/mol. The molecule has 2 heterocycles. The molecule has 0 saturated carbocycles. The quantitative estimate of drug-likeness (QED) is 0.0915. The molecule has 0 unspecified atom stereocenters. The van der Waals surface area contributed by atoms with Crippen LogP contribution in [0, 0.1) is 22.3 Å². The Morgan fingerprint density at radius 1 is 0.936 bits per heavy atom. The summed E-state index contributed by atoms with van der Waals surface area (Å²) in [5, 5.41) is 14.7. The number of rotatable bonds is 9. The van der Waals surface area contributed by atoms with Crippen LogP contribution in [-0.4, -0.2) is 15.9 Å². The molecule has 5 rings (SSSR count). The molecule has 1 aliphatic rings. The number of carbonyl (C=O) groups is 1. The number of fused-ring (bicyclic) bond motifs is 3. The predicted molar refractivity (Wildman–Crippen MR) is 194 cm³/mol. The molecule has 3 aromatic carbocycles. The summed E-state index contributed by atoms with van der Waals surface area (Å²) in [5.74, 6) is 2.57. The number of ketones is 1. The molecule has 1 aromatic heterocycles. The average Bonchev–Trinajstić information content (AvgIpc) is 3.03. The second kappa shape index (κ2) is 15.0. The van der Waals surface area contributed by atoms with Crippen molar-refractivity contribution in [3.05, 3.63) is 77.7 Å². The molecule has 1 radical (unpaired) electrons. The van der Waals surface area contributed by atoms with Crippen LogP contribution in [0.15, 0.2) is 60.5 Å². The third-order valence-electron chi connectivity index (χ3n) is 10.3. The first-order valence-corrected chi connectivity index (χ1v) is 17.1. The van der Waals surface area contributed by atoms with E-state index < -0.39 is 0 Å². The van der Waals surface area contributed by atoms with Crippen molar-refractivity contribution in [2.75, 3.05) is 0 Å². The number of pyridine rings is 1. The smallest absolute Gasteiger partial charge is 0.164 e. The zero-order chi connectivity index (χ0) is 34.0. The minimum atomic E-state index is -0.337.